The molecule has 1 saturated carbocycles. The van der Waals surface area contributed by atoms with Gasteiger partial charge < -0.3 is 10.0 Å². The van der Waals surface area contributed by atoms with E-state index in [0.717, 1.165) is 24.1 Å². The maximum absolute atomic E-state index is 10.5. The van der Waals surface area contributed by atoms with Crippen LogP contribution >= 0.6 is 0 Å². The maximum Gasteiger partial charge on any atom is 0.0916 e. The molecule has 1 aromatic carbocycles. The first-order chi connectivity index (χ1) is 7.03. The van der Waals surface area contributed by atoms with Crippen LogP contribution < -0.4 is 4.90 Å². The van der Waals surface area contributed by atoms with Gasteiger partial charge in [-0.2, -0.15) is 0 Å². The van der Waals surface area contributed by atoms with Gasteiger partial charge in [0.25, 0.3) is 0 Å². The molecule has 82 valence electrons. The molecule has 1 aromatic rings. The number of hydrogen-bond acceptors (Lipinski definition) is 2. The normalized spacial score (nSPS) is 19.7. The smallest absolute Gasteiger partial charge is 0.0916 e. The lowest BCUT2D eigenvalue weighted by molar-refractivity contribution is 0.0336. The first-order valence-electron chi connectivity index (χ1n) is 5.52. The zero-order valence-electron chi connectivity index (χ0n) is 9.70. The van der Waals surface area contributed by atoms with Crippen LogP contribution in [0.2, 0.25) is 0 Å². The lowest BCUT2D eigenvalue weighted by Gasteiger charge is -2.28. The molecule has 2 nitrogen and oxygen atoms in total. The van der Waals surface area contributed by atoms with Crippen LogP contribution in [0.1, 0.15) is 25.3 Å². The molecular weight excluding hydrogens is 186 g/mol. The third-order valence-electron chi connectivity index (χ3n) is 3.30. The van der Waals surface area contributed by atoms with Crippen molar-refractivity contribution in [3.63, 3.8) is 0 Å². The van der Waals surface area contributed by atoms with Crippen LogP contribution in [0.3, 0.4) is 0 Å². The summed E-state index contributed by atoms with van der Waals surface area (Å²) < 4.78 is 0. The van der Waals surface area contributed by atoms with Gasteiger partial charge in [0.05, 0.1) is 5.60 Å². The van der Waals surface area contributed by atoms with Crippen LogP contribution in [0.15, 0.2) is 24.3 Å². The minimum atomic E-state index is -0.666. The van der Waals surface area contributed by atoms with E-state index in [1.54, 1.807) is 0 Å². The summed E-state index contributed by atoms with van der Waals surface area (Å²) in [6.07, 6.45) is 2.30. The van der Waals surface area contributed by atoms with Crippen molar-refractivity contribution >= 4 is 5.69 Å². The number of rotatable bonds is 3. The lowest BCUT2D eigenvalue weighted by atomic mass is 9.89. The number of benzene rings is 1. The average molecular weight is 205 g/mol. The highest BCUT2D eigenvalue weighted by Crippen LogP contribution is 2.47. The van der Waals surface area contributed by atoms with Gasteiger partial charge in [-0.1, -0.05) is 18.2 Å². The van der Waals surface area contributed by atoms with Gasteiger partial charge in [0.15, 0.2) is 0 Å². The Morgan fingerprint density at radius 3 is 2.40 bits per heavy atom. The van der Waals surface area contributed by atoms with Gasteiger partial charge in [0, 0.05) is 25.3 Å². The first-order valence-corrected chi connectivity index (χ1v) is 5.52. The summed E-state index contributed by atoms with van der Waals surface area (Å²) in [5.74, 6) is 0.443. The van der Waals surface area contributed by atoms with Crippen molar-refractivity contribution in [1.82, 2.24) is 0 Å². The van der Waals surface area contributed by atoms with Gasteiger partial charge >= 0.3 is 0 Å². The summed E-state index contributed by atoms with van der Waals surface area (Å²) in [7, 11) is 4.03. The number of anilines is 1. The molecule has 0 radical (unpaired) electrons. The van der Waals surface area contributed by atoms with Crippen LogP contribution in [0.5, 0.6) is 0 Å². The van der Waals surface area contributed by atoms with Crippen molar-refractivity contribution < 1.29 is 5.11 Å². The molecule has 0 amide bonds. The van der Waals surface area contributed by atoms with Gasteiger partial charge in [-0.05, 0) is 31.7 Å². The van der Waals surface area contributed by atoms with E-state index < -0.39 is 5.60 Å². The minimum absolute atomic E-state index is 0.443. The Hall–Kier alpha value is -1.02. The Morgan fingerprint density at radius 2 is 1.87 bits per heavy atom. The van der Waals surface area contributed by atoms with Crippen molar-refractivity contribution in [1.29, 1.82) is 0 Å². The van der Waals surface area contributed by atoms with E-state index in [1.807, 2.05) is 39.2 Å². The second-order valence-corrected chi connectivity index (χ2v) is 4.83. The number of para-hydroxylation sites is 1. The Morgan fingerprint density at radius 1 is 1.27 bits per heavy atom. The van der Waals surface area contributed by atoms with Crippen molar-refractivity contribution in [3.8, 4) is 0 Å². The van der Waals surface area contributed by atoms with Crippen LogP contribution in [-0.4, -0.2) is 19.2 Å². The highest BCUT2D eigenvalue weighted by Gasteiger charge is 2.42. The predicted molar refractivity (Wildman–Crippen MR) is 63.1 cm³/mol. The Balaban J connectivity index is 2.42. The molecule has 0 unspecified atom stereocenters. The Bertz CT molecular complexity index is 353. The molecule has 1 fully saturated rings. The Labute approximate surface area is 91.5 Å². The molecule has 2 heteroatoms. The van der Waals surface area contributed by atoms with Gasteiger partial charge in [0.2, 0.25) is 0 Å². The van der Waals surface area contributed by atoms with E-state index in [1.165, 1.54) is 0 Å². The molecule has 1 atom stereocenters. The fourth-order valence-corrected chi connectivity index (χ4v) is 2.16. The number of hydrogen-bond donors (Lipinski definition) is 1. The van der Waals surface area contributed by atoms with Gasteiger partial charge in [-0.3, -0.25) is 0 Å². The topological polar surface area (TPSA) is 23.5 Å². The summed E-state index contributed by atoms with van der Waals surface area (Å²) in [5.41, 5.74) is 1.51. The molecule has 1 aliphatic rings. The molecule has 0 aromatic heterocycles. The van der Waals surface area contributed by atoms with Crippen molar-refractivity contribution in [2.24, 2.45) is 5.92 Å². The second kappa shape index (κ2) is 3.53. The summed E-state index contributed by atoms with van der Waals surface area (Å²) in [4.78, 5) is 2.06. The van der Waals surface area contributed by atoms with Crippen molar-refractivity contribution in [2.75, 3.05) is 19.0 Å². The molecule has 0 spiro atoms. The second-order valence-electron chi connectivity index (χ2n) is 4.83. The third kappa shape index (κ3) is 1.86. The van der Waals surface area contributed by atoms with Crippen LogP contribution in [-0.2, 0) is 5.60 Å². The third-order valence-corrected chi connectivity index (χ3v) is 3.30. The zero-order chi connectivity index (χ0) is 11.1. The molecule has 15 heavy (non-hydrogen) atoms. The summed E-state index contributed by atoms with van der Waals surface area (Å²) in [6, 6.07) is 8.11. The molecule has 0 heterocycles. The van der Waals surface area contributed by atoms with E-state index in [-0.39, 0.29) is 0 Å². The zero-order valence-corrected chi connectivity index (χ0v) is 9.70. The van der Waals surface area contributed by atoms with E-state index in [4.69, 9.17) is 0 Å². The summed E-state index contributed by atoms with van der Waals surface area (Å²) in [5, 5.41) is 10.5. The van der Waals surface area contributed by atoms with E-state index in [2.05, 4.69) is 11.0 Å². The quantitative estimate of drug-likeness (QED) is 0.819. The summed E-state index contributed by atoms with van der Waals surface area (Å²) >= 11 is 0. The SMILES string of the molecule is CN(C)c1ccccc1[C@@](C)(O)C1CC1. The first kappa shape index (κ1) is 10.5. The van der Waals surface area contributed by atoms with E-state index in [0.29, 0.717) is 5.92 Å². The molecule has 1 aliphatic carbocycles. The highest BCUT2D eigenvalue weighted by atomic mass is 16.3. The standard InChI is InChI=1S/C13H19NO/c1-13(15,10-8-9-10)11-6-4-5-7-12(11)14(2)3/h4-7,10,15H,8-9H2,1-3H3/t13-/m0/s1. The van der Waals surface area contributed by atoms with Gasteiger partial charge in [0.1, 0.15) is 0 Å². The largest absolute Gasteiger partial charge is 0.385 e. The van der Waals surface area contributed by atoms with Crippen molar-refractivity contribution in [3.05, 3.63) is 29.8 Å². The monoisotopic (exact) mass is 205 g/mol. The van der Waals surface area contributed by atoms with E-state index in [9.17, 15) is 5.11 Å². The van der Waals surface area contributed by atoms with Crippen molar-refractivity contribution in [2.45, 2.75) is 25.4 Å². The van der Waals surface area contributed by atoms with Crippen LogP contribution in [0.4, 0.5) is 5.69 Å². The van der Waals surface area contributed by atoms with Crippen LogP contribution in [0.25, 0.3) is 0 Å². The lowest BCUT2D eigenvalue weighted by Crippen LogP contribution is -2.27. The fraction of sp³-hybridized carbons (Fsp3) is 0.538. The molecule has 0 saturated heterocycles. The minimum Gasteiger partial charge on any atom is -0.385 e. The Kier molecular flexibility index (Phi) is 2.47. The fourth-order valence-electron chi connectivity index (χ4n) is 2.16. The maximum atomic E-state index is 10.5. The van der Waals surface area contributed by atoms with E-state index >= 15 is 0 Å². The molecule has 0 bridgehead atoms. The average Bonchev–Trinajstić information content (AvgIpc) is 3.01. The predicted octanol–water partition coefficient (Wildman–Crippen LogP) is 2.37. The van der Waals surface area contributed by atoms with Gasteiger partial charge in [-0.15, -0.1) is 0 Å². The number of nitrogens with zero attached hydrogens (tertiary/aromatic N) is 1. The molecular formula is C13H19NO. The molecule has 1 N–H and O–H groups in total. The summed E-state index contributed by atoms with van der Waals surface area (Å²) in [6.45, 7) is 1.94. The van der Waals surface area contributed by atoms with Crippen LogP contribution in [0, 0.1) is 5.92 Å². The van der Waals surface area contributed by atoms with Gasteiger partial charge in [-0.25, -0.2) is 0 Å². The highest BCUT2D eigenvalue weighted by molar-refractivity contribution is 5.55. The molecule has 2 rings (SSSR count). The number of aliphatic hydroxyl groups is 1. The molecule has 0 aliphatic heterocycles.